The lowest BCUT2D eigenvalue weighted by Gasteiger charge is -2.11. The van der Waals surface area contributed by atoms with Gasteiger partial charge in [-0.05, 0) is 54.8 Å². The number of ether oxygens (including phenoxy) is 1. The molecule has 1 atom stereocenters. The molecule has 1 aromatic heterocycles. The molecule has 0 saturated heterocycles. The minimum Gasteiger partial charge on any atom is -0.497 e. The van der Waals surface area contributed by atoms with E-state index in [2.05, 4.69) is 15.6 Å². The number of thiazole rings is 1. The van der Waals surface area contributed by atoms with Crippen LogP contribution < -0.4 is 15.4 Å². The summed E-state index contributed by atoms with van der Waals surface area (Å²) >= 11 is 1.38. The third-order valence-electron chi connectivity index (χ3n) is 4.96. The molecule has 1 aliphatic carbocycles. The predicted octanol–water partition coefficient (Wildman–Crippen LogP) is 3.89. The molecule has 0 spiro atoms. The zero-order valence-electron chi connectivity index (χ0n) is 16.3. The van der Waals surface area contributed by atoms with Crippen molar-refractivity contribution in [2.75, 3.05) is 12.4 Å². The Labute approximate surface area is 177 Å². The van der Waals surface area contributed by atoms with E-state index in [4.69, 9.17) is 4.74 Å². The van der Waals surface area contributed by atoms with E-state index in [0.29, 0.717) is 23.7 Å². The first-order valence-electron chi connectivity index (χ1n) is 9.50. The van der Waals surface area contributed by atoms with Crippen molar-refractivity contribution in [2.45, 2.75) is 25.3 Å². The number of nitrogens with one attached hydrogen (secondary N) is 2. The monoisotopic (exact) mass is 425 g/mol. The van der Waals surface area contributed by atoms with E-state index < -0.39 is 5.82 Å². The molecule has 2 N–H and O–H groups in total. The van der Waals surface area contributed by atoms with E-state index in [1.807, 2.05) is 24.3 Å². The van der Waals surface area contributed by atoms with Gasteiger partial charge >= 0.3 is 0 Å². The Hall–Kier alpha value is -3.26. The van der Waals surface area contributed by atoms with Crippen LogP contribution in [0.15, 0.2) is 48.5 Å². The van der Waals surface area contributed by atoms with E-state index >= 15 is 0 Å². The molecular formula is C22H20FN3O3S. The number of fused-ring (bicyclic) bond motifs is 1. The number of amides is 2. The van der Waals surface area contributed by atoms with Gasteiger partial charge in [0.15, 0.2) is 5.13 Å². The number of nitrogens with zero attached hydrogens (tertiary/aromatic N) is 1. The molecular weight excluding hydrogens is 405 g/mol. The van der Waals surface area contributed by atoms with Crippen molar-refractivity contribution in [3.63, 3.8) is 0 Å². The number of carbonyl (C=O) groups is 2. The van der Waals surface area contributed by atoms with E-state index in [1.165, 1.54) is 35.6 Å². The van der Waals surface area contributed by atoms with E-state index in [0.717, 1.165) is 28.3 Å². The molecule has 0 fully saturated rings. The van der Waals surface area contributed by atoms with Crippen molar-refractivity contribution in [1.82, 2.24) is 10.3 Å². The molecule has 0 saturated carbocycles. The summed E-state index contributed by atoms with van der Waals surface area (Å²) in [6, 6.07) is 12.8. The lowest BCUT2D eigenvalue weighted by Crippen LogP contribution is -2.28. The van der Waals surface area contributed by atoms with Crippen LogP contribution in [0.5, 0.6) is 5.75 Å². The average Bonchev–Trinajstić information content (AvgIpc) is 3.32. The molecule has 2 aromatic carbocycles. The lowest BCUT2D eigenvalue weighted by molar-refractivity contribution is -0.122. The number of aromatic nitrogens is 1. The van der Waals surface area contributed by atoms with Gasteiger partial charge in [-0.2, -0.15) is 0 Å². The number of carbonyl (C=O) groups excluding carboxylic acids is 2. The van der Waals surface area contributed by atoms with Crippen LogP contribution in [0.25, 0.3) is 0 Å². The average molecular weight is 425 g/mol. The fourth-order valence-electron chi connectivity index (χ4n) is 3.40. The summed E-state index contributed by atoms with van der Waals surface area (Å²) in [5, 5.41) is 6.14. The summed E-state index contributed by atoms with van der Waals surface area (Å²) in [6.07, 6.45) is 1.45. The number of anilines is 1. The summed E-state index contributed by atoms with van der Waals surface area (Å²) in [7, 11) is 1.60. The maximum Gasteiger partial charge on any atom is 0.257 e. The second kappa shape index (κ2) is 8.62. The highest BCUT2D eigenvalue weighted by atomic mass is 32.1. The molecule has 154 valence electrons. The van der Waals surface area contributed by atoms with Crippen molar-refractivity contribution < 1.29 is 18.7 Å². The molecule has 0 bridgehead atoms. The van der Waals surface area contributed by atoms with Crippen LogP contribution in [0.2, 0.25) is 0 Å². The molecule has 2 amide bonds. The first-order chi connectivity index (χ1) is 14.5. The molecule has 4 rings (SSSR count). The van der Waals surface area contributed by atoms with Crippen molar-refractivity contribution >= 4 is 28.3 Å². The Morgan fingerprint density at radius 3 is 2.80 bits per heavy atom. The Bertz CT molecular complexity index is 1080. The third-order valence-corrected chi connectivity index (χ3v) is 6.01. The SMILES string of the molecule is COc1cccc(CNC(=O)C2CCc3sc(NC(=O)c4ccc(F)cc4)nc32)c1. The Morgan fingerprint density at radius 1 is 1.23 bits per heavy atom. The largest absolute Gasteiger partial charge is 0.497 e. The Balaban J connectivity index is 1.40. The predicted molar refractivity (Wildman–Crippen MR) is 112 cm³/mol. The number of methoxy groups -OCH3 is 1. The molecule has 6 nitrogen and oxygen atoms in total. The van der Waals surface area contributed by atoms with Gasteiger partial charge in [0.25, 0.3) is 5.91 Å². The summed E-state index contributed by atoms with van der Waals surface area (Å²) in [5.74, 6) is -0.438. The lowest BCUT2D eigenvalue weighted by atomic mass is 10.1. The van der Waals surface area contributed by atoms with Gasteiger partial charge in [-0.15, -0.1) is 11.3 Å². The van der Waals surface area contributed by atoms with Crippen molar-refractivity contribution in [3.05, 3.63) is 76.0 Å². The van der Waals surface area contributed by atoms with Gasteiger partial charge in [0, 0.05) is 17.0 Å². The van der Waals surface area contributed by atoms with Gasteiger partial charge in [0.05, 0.1) is 18.7 Å². The van der Waals surface area contributed by atoms with E-state index in [1.54, 1.807) is 7.11 Å². The first kappa shape index (κ1) is 20.0. The van der Waals surface area contributed by atoms with Gasteiger partial charge in [0.2, 0.25) is 5.91 Å². The van der Waals surface area contributed by atoms with Crippen LogP contribution in [0, 0.1) is 5.82 Å². The van der Waals surface area contributed by atoms with Gasteiger partial charge < -0.3 is 10.1 Å². The highest BCUT2D eigenvalue weighted by Gasteiger charge is 2.32. The number of hydrogen-bond acceptors (Lipinski definition) is 5. The Kier molecular flexibility index (Phi) is 5.76. The van der Waals surface area contributed by atoms with Crippen molar-refractivity contribution in [3.8, 4) is 5.75 Å². The minimum atomic E-state index is -0.400. The molecule has 30 heavy (non-hydrogen) atoms. The highest BCUT2D eigenvalue weighted by Crippen LogP contribution is 2.38. The smallest absolute Gasteiger partial charge is 0.257 e. The normalized spacial score (nSPS) is 14.8. The molecule has 1 unspecified atom stereocenters. The number of hydrogen-bond donors (Lipinski definition) is 2. The fourth-order valence-corrected chi connectivity index (χ4v) is 4.43. The Morgan fingerprint density at radius 2 is 2.03 bits per heavy atom. The number of benzene rings is 2. The topological polar surface area (TPSA) is 80.3 Å². The fraction of sp³-hybridized carbons (Fsp3) is 0.227. The van der Waals surface area contributed by atoms with Crippen LogP contribution >= 0.6 is 11.3 Å². The van der Waals surface area contributed by atoms with Crippen LogP contribution in [-0.4, -0.2) is 23.9 Å². The second-order valence-electron chi connectivity index (χ2n) is 6.95. The van der Waals surface area contributed by atoms with Crippen LogP contribution in [0.1, 0.15) is 38.8 Å². The summed E-state index contributed by atoms with van der Waals surface area (Å²) in [5.41, 5.74) is 2.02. The van der Waals surface area contributed by atoms with Gasteiger partial charge in [-0.25, -0.2) is 9.37 Å². The molecule has 3 aromatic rings. The van der Waals surface area contributed by atoms with Crippen molar-refractivity contribution in [2.24, 2.45) is 0 Å². The molecule has 1 heterocycles. The molecule has 1 aliphatic rings. The third kappa shape index (κ3) is 4.33. The number of aryl methyl sites for hydroxylation is 1. The van der Waals surface area contributed by atoms with Crippen LogP contribution in [-0.2, 0) is 17.8 Å². The number of halogens is 1. The van der Waals surface area contributed by atoms with Gasteiger partial charge in [-0.3, -0.25) is 14.9 Å². The van der Waals surface area contributed by atoms with E-state index in [9.17, 15) is 14.0 Å². The van der Waals surface area contributed by atoms with Gasteiger partial charge in [-0.1, -0.05) is 12.1 Å². The van der Waals surface area contributed by atoms with Crippen LogP contribution in [0.3, 0.4) is 0 Å². The second-order valence-corrected chi connectivity index (χ2v) is 8.03. The minimum absolute atomic E-state index is 0.0849. The zero-order valence-corrected chi connectivity index (χ0v) is 17.1. The maximum atomic E-state index is 13.0. The van der Waals surface area contributed by atoms with Crippen molar-refractivity contribution in [1.29, 1.82) is 0 Å². The maximum absolute atomic E-state index is 13.0. The first-order valence-corrected chi connectivity index (χ1v) is 10.3. The highest BCUT2D eigenvalue weighted by molar-refractivity contribution is 7.16. The summed E-state index contributed by atoms with van der Waals surface area (Å²) in [6.45, 7) is 0.403. The standard InChI is InChI=1S/C22H20FN3O3S/c1-29-16-4-2-3-13(11-16)12-24-21(28)17-9-10-18-19(17)25-22(30-18)26-20(27)14-5-7-15(23)8-6-14/h2-8,11,17H,9-10,12H2,1H3,(H,24,28)(H,25,26,27). The summed E-state index contributed by atoms with van der Waals surface area (Å²) < 4.78 is 18.2. The number of rotatable bonds is 6. The van der Waals surface area contributed by atoms with E-state index in [-0.39, 0.29) is 17.7 Å². The van der Waals surface area contributed by atoms with Crippen LogP contribution in [0.4, 0.5) is 9.52 Å². The molecule has 0 aliphatic heterocycles. The molecule has 0 radical (unpaired) electrons. The van der Waals surface area contributed by atoms with Gasteiger partial charge in [0.1, 0.15) is 11.6 Å². The quantitative estimate of drug-likeness (QED) is 0.628. The zero-order chi connectivity index (χ0) is 21.1. The summed E-state index contributed by atoms with van der Waals surface area (Å²) in [4.78, 5) is 30.5. The molecule has 8 heteroatoms.